The summed E-state index contributed by atoms with van der Waals surface area (Å²) in [5, 5.41) is 10.6. The third kappa shape index (κ3) is 2.10. The van der Waals surface area contributed by atoms with Crippen LogP contribution in [0.15, 0.2) is 0 Å². The van der Waals surface area contributed by atoms with E-state index in [1.807, 2.05) is 0 Å². The Morgan fingerprint density at radius 1 is 1.47 bits per heavy atom. The maximum absolute atomic E-state index is 12.5. The van der Waals surface area contributed by atoms with Gasteiger partial charge >= 0.3 is 6.18 Å². The molecule has 10 heteroatoms. The summed E-state index contributed by atoms with van der Waals surface area (Å²) in [5.41, 5.74) is 5.40. The number of nitrogens with zero attached hydrogens (tertiary/aromatic N) is 4. The van der Waals surface area contributed by atoms with Crippen LogP contribution >= 0.6 is 11.3 Å². The summed E-state index contributed by atoms with van der Waals surface area (Å²) in [6.45, 7) is 0.127. The highest BCUT2D eigenvalue weighted by molar-refractivity contribution is 7.16. The standard InChI is InChI=1S/C7H8F3N5OS/c1-16-3(2-11)4-14-15-5(7(8,9)10)12-13-6(15)17-4/h3H,2,11H2,1H3. The fourth-order valence-electron chi connectivity index (χ4n) is 1.24. The highest BCUT2D eigenvalue weighted by Crippen LogP contribution is 2.30. The Morgan fingerprint density at radius 2 is 2.18 bits per heavy atom. The van der Waals surface area contributed by atoms with E-state index in [-0.39, 0.29) is 11.5 Å². The summed E-state index contributed by atoms with van der Waals surface area (Å²) in [7, 11) is 1.41. The van der Waals surface area contributed by atoms with Crippen LogP contribution < -0.4 is 5.73 Å². The maximum atomic E-state index is 12.5. The van der Waals surface area contributed by atoms with Crippen molar-refractivity contribution < 1.29 is 17.9 Å². The summed E-state index contributed by atoms with van der Waals surface area (Å²) >= 11 is 0.965. The highest BCUT2D eigenvalue weighted by Gasteiger charge is 2.38. The Bertz CT molecular complexity index is 517. The number of nitrogens with two attached hydrogens (primary N) is 1. The van der Waals surface area contributed by atoms with Crippen LogP contribution in [0.2, 0.25) is 0 Å². The quantitative estimate of drug-likeness (QED) is 0.892. The van der Waals surface area contributed by atoms with Crippen LogP contribution in [0.3, 0.4) is 0 Å². The summed E-state index contributed by atoms with van der Waals surface area (Å²) in [4.78, 5) is 0.0582. The Morgan fingerprint density at radius 3 is 2.71 bits per heavy atom. The molecule has 0 aliphatic rings. The minimum atomic E-state index is -4.59. The molecular weight excluding hydrogens is 259 g/mol. The molecule has 94 valence electrons. The lowest BCUT2D eigenvalue weighted by molar-refractivity contribution is -0.146. The lowest BCUT2D eigenvalue weighted by Crippen LogP contribution is -2.15. The van der Waals surface area contributed by atoms with Gasteiger partial charge in [-0.05, 0) is 0 Å². The van der Waals surface area contributed by atoms with Crippen molar-refractivity contribution >= 4 is 16.3 Å². The molecule has 2 aromatic rings. The lowest BCUT2D eigenvalue weighted by Gasteiger charge is -2.07. The van der Waals surface area contributed by atoms with Gasteiger partial charge in [0.15, 0.2) is 0 Å². The van der Waals surface area contributed by atoms with E-state index >= 15 is 0 Å². The van der Waals surface area contributed by atoms with E-state index in [2.05, 4.69) is 15.3 Å². The number of halogens is 3. The Kier molecular flexibility index (Phi) is 3.02. The van der Waals surface area contributed by atoms with Crippen LogP contribution in [0, 0.1) is 0 Å². The van der Waals surface area contributed by atoms with Gasteiger partial charge < -0.3 is 10.5 Å². The zero-order valence-corrected chi connectivity index (χ0v) is 9.42. The highest BCUT2D eigenvalue weighted by atomic mass is 32.1. The monoisotopic (exact) mass is 267 g/mol. The largest absolute Gasteiger partial charge is 0.453 e. The fourth-order valence-corrected chi connectivity index (χ4v) is 2.17. The first-order valence-electron chi connectivity index (χ1n) is 4.49. The van der Waals surface area contributed by atoms with Crippen molar-refractivity contribution in [3.63, 3.8) is 0 Å². The second kappa shape index (κ2) is 4.20. The third-order valence-corrected chi connectivity index (χ3v) is 3.02. The minimum absolute atomic E-state index is 0.0582. The van der Waals surface area contributed by atoms with E-state index in [1.54, 1.807) is 0 Å². The summed E-state index contributed by atoms with van der Waals surface area (Å²) in [6.07, 6.45) is -5.13. The van der Waals surface area contributed by atoms with Gasteiger partial charge in [0.1, 0.15) is 11.1 Å². The molecule has 0 aromatic carbocycles. The molecule has 2 aromatic heterocycles. The molecule has 0 aliphatic carbocycles. The van der Waals surface area contributed by atoms with E-state index in [9.17, 15) is 13.2 Å². The number of methoxy groups -OCH3 is 1. The maximum Gasteiger partial charge on any atom is 0.453 e. The van der Waals surface area contributed by atoms with Crippen LogP contribution in [0.4, 0.5) is 13.2 Å². The number of hydrogen-bond donors (Lipinski definition) is 1. The smallest absolute Gasteiger partial charge is 0.373 e. The summed E-state index contributed by atoms with van der Waals surface area (Å²) in [5.74, 6) is -1.15. The number of aromatic nitrogens is 4. The average Bonchev–Trinajstić information content (AvgIpc) is 2.76. The van der Waals surface area contributed by atoms with Crippen molar-refractivity contribution in [2.24, 2.45) is 5.73 Å². The number of ether oxygens (including phenoxy) is 1. The Hall–Kier alpha value is -1.26. The van der Waals surface area contributed by atoms with Crippen LogP contribution in [0.5, 0.6) is 0 Å². The Balaban J connectivity index is 2.48. The fraction of sp³-hybridized carbons (Fsp3) is 0.571. The van der Waals surface area contributed by atoms with Gasteiger partial charge in [0.05, 0.1) is 0 Å². The van der Waals surface area contributed by atoms with Gasteiger partial charge in [-0.25, -0.2) is 0 Å². The minimum Gasteiger partial charge on any atom is -0.373 e. The van der Waals surface area contributed by atoms with Gasteiger partial charge in [-0.1, -0.05) is 11.3 Å². The second-order valence-corrected chi connectivity index (χ2v) is 4.10. The van der Waals surface area contributed by atoms with E-state index in [4.69, 9.17) is 10.5 Å². The molecule has 1 atom stereocenters. The zero-order valence-electron chi connectivity index (χ0n) is 8.60. The van der Waals surface area contributed by atoms with Crippen LogP contribution in [-0.4, -0.2) is 33.5 Å². The molecule has 0 aliphatic heterocycles. The van der Waals surface area contributed by atoms with Crippen molar-refractivity contribution in [1.82, 2.24) is 19.8 Å². The molecule has 2 N–H and O–H groups in total. The normalized spacial score (nSPS) is 14.4. The SMILES string of the molecule is COC(CN)c1nn2c(C(F)(F)F)nnc2s1. The average molecular weight is 267 g/mol. The van der Waals surface area contributed by atoms with E-state index in [0.29, 0.717) is 9.52 Å². The van der Waals surface area contributed by atoms with E-state index in [1.165, 1.54) is 7.11 Å². The number of hydrogen-bond acceptors (Lipinski definition) is 6. The van der Waals surface area contributed by atoms with Gasteiger partial charge in [0, 0.05) is 13.7 Å². The van der Waals surface area contributed by atoms with Crippen molar-refractivity contribution in [2.45, 2.75) is 12.3 Å². The van der Waals surface area contributed by atoms with Gasteiger partial charge in [-0.2, -0.15) is 22.8 Å². The van der Waals surface area contributed by atoms with Gasteiger partial charge in [0.25, 0.3) is 5.82 Å². The third-order valence-electron chi connectivity index (χ3n) is 2.03. The summed E-state index contributed by atoms with van der Waals surface area (Å²) < 4.78 is 43.2. The van der Waals surface area contributed by atoms with Crippen LogP contribution in [0.25, 0.3) is 4.96 Å². The molecule has 2 heterocycles. The van der Waals surface area contributed by atoms with E-state index < -0.39 is 18.1 Å². The first-order valence-corrected chi connectivity index (χ1v) is 5.31. The number of fused-ring (bicyclic) bond motifs is 1. The molecule has 6 nitrogen and oxygen atoms in total. The van der Waals surface area contributed by atoms with Crippen molar-refractivity contribution in [2.75, 3.05) is 13.7 Å². The van der Waals surface area contributed by atoms with Crippen molar-refractivity contribution in [3.05, 3.63) is 10.8 Å². The van der Waals surface area contributed by atoms with Gasteiger partial charge in [-0.3, -0.25) is 0 Å². The number of rotatable bonds is 3. The first-order chi connectivity index (χ1) is 7.97. The first kappa shape index (κ1) is 12.2. The molecule has 2 rings (SSSR count). The van der Waals surface area contributed by atoms with Crippen molar-refractivity contribution in [3.8, 4) is 0 Å². The molecule has 1 unspecified atom stereocenters. The molecule has 0 bridgehead atoms. The van der Waals surface area contributed by atoms with E-state index in [0.717, 1.165) is 11.3 Å². The zero-order chi connectivity index (χ0) is 12.6. The summed E-state index contributed by atoms with van der Waals surface area (Å²) in [6, 6.07) is 0. The van der Waals surface area contributed by atoms with Gasteiger partial charge in [-0.15, -0.1) is 10.2 Å². The molecule has 0 spiro atoms. The van der Waals surface area contributed by atoms with Crippen molar-refractivity contribution in [1.29, 1.82) is 0 Å². The molecule has 0 saturated carbocycles. The molecular formula is C7H8F3N5OS. The predicted molar refractivity (Wildman–Crippen MR) is 52.5 cm³/mol. The molecule has 0 radical (unpaired) electrons. The predicted octanol–water partition coefficient (Wildman–Crippen LogP) is 0.851. The Labute approximate surface area is 97.2 Å². The van der Waals surface area contributed by atoms with Gasteiger partial charge in [0.2, 0.25) is 4.96 Å². The molecule has 0 saturated heterocycles. The topological polar surface area (TPSA) is 78.3 Å². The molecule has 0 amide bonds. The molecule has 0 fully saturated rings. The molecule has 17 heavy (non-hydrogen) atoms. The van der Waals surface area contributed by atoms with Crippen LogP contribution in [0.1, 0.15) is 16.9 Å². The second-order valence-electron chi connectivity index (χ2n) is 3.12. The van der Waals surface area contributed by atoms with Crippen LogP contribution in [-0.2, 0) is 10.9 Å². The lowest BCUT2D eigenvalue weighted by atomic mass is 10.4. The number of alkyl halides is 3.